The van der Waals surface area contributed by atoms with Crippen molar-refractivity contribution in [3.8, 4) is 6.07 Å². The number of fused-ring (bicyclic) bond motifs is 4. The number of aryl methyl sites for hydroxylation is 1. The summed E-state index contributed by atoms with van der Waals surface area (Å²) in [5.41, 5.74) is 1.74. The average Bonchev–Trinajstić information content (AvgIpc) is 2.71. The predicted molar refractivity (Wildman–Crippen MR) is 113 cm³/mol. The van der Waals surface area contributed by atoms with Gasteiger partial charge in [0.05, 0.1) is 34.7 Å². The molecule has 166 valence electrons. The van der Waals surface area contributed by atoms with Gasteiger partial charge in [0.15, 0.2) is 0 Å². The number of amides is 2. The van der Waals surface area contributed by atoms with Gasteiger partial charge in [-0.05, 0) is 64.9 Å². The molecule has 5 rings (SSSR count). The van der Waals surface area contributed by atoms with Gasteiger partial charge in [-0.1, -0.05) is 0 Å². The zero-order chi connectivity index (χ0) is 22.3. The number of hydrogen-bond donors (Lipinski definition) is 2. The molecule has 2 N–H and O–H groups in total. The number of nitrogens with one attached hydrogen (secondary N) is 2. The number of rotatable bonds is 4. The number of alkyl carbamates (subject to hydrolysis) is 1. The van der Waals surface area contributed by atoms with E-state index in [1.54, 1.807) is 6.20 Å². The molecule has 0 aromatic carbocycles. The van der Waals surface area contributed by atoms with Gasteiger partial charge in [0.25, 0.3) is 0 Å². The Kier molecular flexibility index (Phi) is 5.42. The van der Waals surface area contributed by atoms with Gasteiger partial charge in [-0.15, -0.1) is 0 Å². The van der Waals surface area contributed by atoms with Crippen LogP contribution in [-0.4, -0.2) is 40.3 Å². The first kappa shape index (κ1) is 21.6. The molecular weight excluding hydrogens is 396 g/mol. The van der Waals surface area contributed by atoms with Crippen LogP contribution >= 0.6 is 0 Å². The normalized spacial score (nSPS) is 27.1. The van der Waals surface area contributed by atoms with Crippen LogP contribution in [0.2, 0.25) is 0 Å². The number of nitrogens with zero attached hydrogens (tertiary/aromatic N) is 2. The molecule has 0 atom stereocenters. The molecular formula is C23H30N4O4. The summed E-state index contributed by atoms with van der Waals surface area (Å²) in [6.45, 7) is 6.01. The van der Waals surface area contributed by atoms with Crippen molar-refractivity contribution in [3.63, 3.8) is 0 Å². The fraction of sp³-hybridized carbons (Fsp3) is 0.652. The molecule has 8 heteroatoms. The molecule has 0 unspecified atom stereocenters. The van der Waals surface area contributed by atoms with Crippen molar-refractivity contribution in [2.24, 2.45) is 0 Å². The van der Waals surface area contributed by atoms with E-state index in [0.717, 1.165) is 43.4 Å². The van der Waals surface area contributed by atoms with Crippen molar-refractivity contribution in [1.82, 2.24) is 10.3 Å². The largest absolute Gasteiger partial charge is 0.444 e. The minimum absolute atomic E-state index is 0.0339. The maximum absolute atomic E-state index is 12.3. The zero-order valence-electron chi connectivity index (χ0n) is 18.5. The summed E-state index contributed by atoms with van der Waals surface area (Å²) >= 11 is 0. The lowest BCUT2D eigenvalue weighted by atomic mass is 9.69. The number of pyridine rings is 1. The van der Waals surface area contributed by atoms with E-state index in [4.69, 9.17) is 9.47 Å². The highest BCUT2D eigenvalue weighted by Gasteiger charge is 2.50. The van der Waals surface area contributed by atoms with Gasteiger partial charge in [0.1, 0.15) is 11.7 Å². The summed E-state index contributed by atoms with van der Waals surface area (Å²) in [4.78, 5) is 28.6. The summed E-state index contributed by atoms with van der Waals surface area (Å²) < 4.78 is 11.7. The fourth-order valence-electron chi connectivity index (χ4n) is 4.84. The number of aromatic nitrogens is 1. The Morgan fingerprint density at radius 1 is 1.32 bits per heavy atom. The van der Waals surface area contributed by atoms with E-state index < -0.39 is 11.7 Å². The second-order valence-corrected chi connectivity index (χ2v) is 10.0. The first-order valence-corrected chi connectivity index (χ1v) is 11.0. The SMILES string of the molecule is CC(C)(C)OC(=O)NC12CCC(CCc3c(C#N)cnc4c3NC(=O)CC4)(CC1)OC2. The lowest BCUT2D eigenvalue weighted by molar-refractivity contribution is -0.163. The van der Waals surface area contributed by atoms with E-state index in [2.05, 4.69) is 21.7 Å². The number of carbonyl (C=O) groups excluding carboxylic acids is 2. The van der Waals surface area contributed by atoms with Crippen molar-refractivity contribution < 1.29 is 19.1 Å². The highest BCUT2D eigenvalue weighted by atomic mass is 16.6. The Bertz CT molecular complexity index is 920. The maximum atomic E-state index is 12.3. The van der Waals surface area contributed by atoms with E-state index in [9.17, 15) is 14.9 Å². The average molecular weight is 427 g/mol. The third-order valence-electron chi connectivity index (χ3n) is 6.61. The molecule has 4 heterocycles. The fourth-order valence-corrected chi connectivity index (χ4v) is 4.84. The van der Waals surface area contributed by atoms with Crippen LogP contribution in [0.1, 0.15) is 76.1 Å². The van der Waals surface area contributed by atoms with Gasteiger partial charge >= 0.3 is 6.09 Å². The van der Waals surface area contributed by atoms with Crippen LogP contribution in [0, 0.1) is 11.3 Å². The van der Waals surface area contributed by atoms with Gasteiger partial charge in [-0.3, -0.25) is 9.78 Å². The van der Waals surface area contributed by atoms with E-state index in [0.29, 0.717) is 37.1 Å². The predicted octanol–water partition coefficient (Wildman–Crippen LogP) is 3.38. The van der Waals surface area contributed by atoms with Crippen LogP contribution < -0.4 is 10.6 Å². The maximum Gasteiger partial charge on any atom is 0.408 e. The van der Waals surface area contributed by atoms with Gasteiger partial charge in [0, 0.05) is 19.0 Å². The van der Waals surface area contributed by atoms with Crippen molar-refractivity contribution in [2.45, 2.75) is 88.9 Å². The Balaban J connectivity index is 1.43. The number of carbonyl (C=O) groups is 2. The number of hydrogen-bond acceptors (Lipinski definition) is 6. The molecule has 1 aliphatic carbocycles. The molecule has 1 aromatic rings. The summed E-state index contributed by atoms with van der Waals surface area (Å²) in [5, 5.41) is 15.5. The van der Waals surface area contributed by atoms with Crippen LogP contribution in [0.4, 0.5) is 10.5 Å². The second-order valence-electron chi connectivity index (χ2n) is 10.0. The van der Waals surface area contributed by atoms with Crippen LogP contribution in [0.15, 0.2) is 6.20 Å². The third kappa shape index (κ3) is 4.52. The molecule has 8 nitrogen and oxygen atoms in total. The second kappa shape index (κ2) is 7.79. The van der Waals surface area contributed by atoms with E-state index in [1.165, 1.54) is 0 Å². The molecule has 1 saturated carbocycles. The molecule has 3 fully saturated rings. The minimum atomic E-state index is -0.535. The summed E-state index contributed by atoms with van der Waals surface area (Å²) in [5.74, 6) is -0.0339. The van der Waals surface area contributed by atoms with Gasteiger partial charge < -0.3 is 20.1 Å². The zero-order valence-corrected chi connectivity index (χ0v) is 18.5. The summed E-state index contributed by atoms with van der Waals surface area (Å²) in [6.07, 6.45) is 6.98. The van der Waals surface area contributed by atoms with Crippen LogP contribution in [0.5, 0.6) is 0 Å². The van der Waals surface area contributed by atoms with Crippen LogP contribution in [0.25, 0.3) is 0 Å². The summed E-state index contributed by atoms with van der Waals surface area (Å²) in [6, 6.07) is 2.22. The highest BCUT2D eigenvalue weighted by Crippen LogP contribution is 2.46. The monoisotopic (exact) mass is 426 g/mol. The molecule has 2 amide bonds. The van der Waals surface area contributed by atoms with Crippen LogP contribution in [0.3, 0.4) is 0 Å². The number of nitriles is 1. The van der Waals surface area contributed by atoms with Crippen molar-refractivity contribution in [2.75, 3.05) is 11.9 Å². The number of ether oxygens (including phenoxy) is 2. The first-order chi connectivity index (χ1) is 14.6. The van der Waals surface area contributed by atoms with Gasteiger partial charge in [0.2, 0.25) is 5.91 Å². The molecule has 2 bridgehead atoms. The Morgan fingerprint density at radius 2 is 2.06 bits per heavy atom. The van der Waals surface area contributed by atoms with Crippen LogP contribution in [-0.2, 0) is 27.1 Å². The molecule has 3 aliphatic heterocycles. The summed E-state index contributed by atoms with van der Waals surface area (Å²) in [7, 11) is 0. The molecule has 4 aliphatic rings. The molecule has 1 aromatic heterocycles. The highest BCUT2D eigenvalue weighted by molar-refractivity contribution is 5.94. The number of anilines is 1. The Morgan fingerprint density at radius 3 is 2.68 bits per heavy atom. The molecule has 0 radical (unpaired) electrons. The van der Waals surface area contributed by atoms with E-state index >= 15 is 0 Å². The van der Waals surface area contributed by atoms with Gasteiger partial charge in [-0.25, -0.2) is 4.79 Å². The van der Waals surface area contributed by atoms with Crippen molar-refractivity contribution in [1.29, 1.82) is 5.26 Å². The van der Waals surface area contributed by atoms with E-state index in [-0.39, 0.29) is 17.0 Å². The topological polar surface area (TPSA) is 113 Å². The molecule has 0 spiro atoms. The lowest BCUT2D eigenvalue weighted by Crippen LogP contribution is -2.63. The first-order valence-electron chi connectivity index (χ1n) is 11.0. The molecule has 31 heavy (non-hydrogen) atoms. The molecule has 2 saturated heterocycles. The Hall–Kier alpha value is -2.66. The van der Waals surface area contributed by atoms with E-state index in [1.807, 2.05) is 20.8 Å². The smallest absolute Gasteiger partial charge is 0.408 e. The minimum Gasteiger partial charge on any atom is -0.444 e. The van der Waals surface area contributed by atoms with Gasteiger partial charge in [-0.2, -0.15) is 5.26 Å². The van der Waals surface area contributed by atoms with Crippen molar-refractivity contribution >= 4 is 17.7 Å². The Labute approximate surface area is 182 Å². The third-order valence-corrected chi connectivity index (χ3v) is 6.61. The lowest BCUT2D eigenvalue weighted by Gasteiger charge is -2.53. The quantitative estimate of drug-likeness (QED) is 0.763. The standard InChI is InChI=1S/C23H30N4O4/c1-21(2,3)31-20(29)27-22-8-10-23(11-9-22,30-14-22)7-6-16-15(12-24)13-25-17-4-5-18(28)26-19(16)17/h13H,4-11,14H2,1-3H3,(H,26,28)(H,27,29). The van der Waals surface area contributed by atoms with Crippen molar-refractivity contribution in [3.05, 3.63) is 23.0 Å².